The van der Waals surface area contributed by atoms with Crippen LogP contribution >= 0.6 is 15.9 Å². The SMILES string of the molecule is COCc1c(Br)cccc1NC(=O)c1ccccc1F. The zero-order valence-electron chi connectivity index (χ0n) is 10.8. The van der Waals surface area contributed by atoms with Gasteiger partial charge in [-0.15, -0.1) is 0 Å². The third-order valence-electron chi connectivity index (χ3n) is 2.77. The van der Waals surface area contributed by atoms with E-state index in [1.807, 2.05) is 6.07 Å². The quantitative estimate of drug-likeness (QED) is 0.916. The second-order valence-electron chi connectivity index (χ2n) is 4.13. The van der Waals surface area contributed by atoms with E-state index in [0.717, 1.165) is 10.0 Å². The maximum Gasteiger partial charge on any atom is 0.258 e. The molecule has 2 aromatic rings. The number of ether oxygens (including phenoxy) is 1. The first-order valence-corrected chi connectivity index (χ1v) is 6.75. The predicted octanol–water partition coefficient (Wildman–Crippen LogP) is 3.99. The van der Waals surface area contributed by atoms with Gasteiger partial charge in [-0.25, -0.2) is 4.39 Å². The second-order valence-corrected chi connectivity index (χ2v) is 4.99. The molecule has 0 saturated heterocycles. The lowest BCUT2D eigenvalue weighted by molar-refractivity contribution is 0.102. The number of carbonyl (C=O) groups is 1. The van der Waals surface area contributed by atoms with Crippen molar-refractivity contribution in [3.63, 3.8) is 0 Å². The van der Waals surface area contributed by atoms with Crippen LogP contribution in [0.15, 0.2) is 46.9 Å². The molecule has 0 unspecified atom stereocenters. The summed E-state index contributed by atoms with van der Waals surface area (Å²) in [7, 11) is 1.57. The minimum Gasteiger partial charge on any atom is -0.380 e. The van der Waals surface area contributed by atoms with Gasteiger partial charge in [0.25, 0.3) is 5.91 Å². The highest BCUT2D eigenvalue weighted by molar-refractivity contribution is 9.10. The molecule has 1 amide bonds. The fourth-order valence-electron chi connectivity index (χ4n) is 1.80. The molecule has 2 rings (SSSR count). The van der Waals surface area contributed by atoms with E-state index in [0.29, 0.717) is 12.3 Å². The van der Waals surface area contributed by atoms with Gasteiger partial charge in [0, 0.05) is 22.8 Å². The van der Waals surface area contributed by atoms with Gasteiger partial charge in [-0.3, -0.25) is 4.79 Å². The number of amides is 1. The van der Waals surface area contributed by atoms with Crippen molar-refractivity contribution >= 4 is 27.5 Å². The number of carbonyl (C=O) groups excluding carboxylic acids is 1. The number of benzene rings is 2. The average Bonchev–Trinajstić information content (AvgIpc) is 2.43. The van der Waals surface area contributed by atoms with Crippen molar-refractivity contribution < 1.29 is 13.9 Å². The molecule has 1 N–H and O–H groups in total. The Balaban J connectivity index is 2.29. The first-order valence-electron chi connectivity index (χ1n) is 5.95. The molecule has 2 aromatic carbocycles. The highest BCUT2D eigenvalue weighted by Crippen LogP contribution is 2.26. The summed E-state index contributed by atoms with van der Waals surface area (Å²) in [5.74, 6) is -1.04. The van der Waals surface area contributed by atoms with Crippen LogP contribution in [0.4, 0.5) is 10.1 Å². The molecule has 0 aliphatic carbocycles. The first-order chi connectivity index (χ1) is 9.63. The normalized spacial score (nSPS) is 10.3. The fraction of sp³-hybridized carbons (Fsp3) is 0.133. The standard InChI is InChI=1S/C15H13BrFNO2/c1-20-9-11-12(16)6-4-8-14(11)18-15(19)10-5-2-3-7-13(10)17/h2-8H,9H2,1H3,(H,18,19). The maximum absolute atomic E-state index is 13.6. The monoisotopic (exact) mass is 337 g/mol. The lowest BCUT2D eigenvalue weighted by Crippen LogP contribution is -2.15. The molecule has 0 bridgehead atoms. The van der Waals surface area contributed by atoms with Crippen molar-refractivity contribution in [3.05, 3.63) is 63.9 Å². The third kappa shape index (κ3) is 3.23. The number of rotatable bonds is 4. The fourth-order valence-corrected chi connectivity index (χ4v) is 2.28. The predicted molar refractivity (Wildman–Crippen MR) is 79.2 cm³/mol. The van der Waals surface area contributed by atoms with Gasteiger partial charge in [-0.2, -0.15) is 0 Å². The molecule has 0 heterocycles. The molecule has 20 heavy (non-hydrogen) atoms. The van der Waals surface area contributed by atoms with Crippen molar-refractivity contribution in [1.29, 1.82) is 0 Å². The summed E-state index contributed by atoms with van der Waals surface area (Å²) in [5.41, 5.74) is 1.41. The van der Waals surface area contributed by atoms with Crippen LogP contribution in [0.5, 0.6) is 0 Å². The molecule has 0 fully saturated rings. The molecule has 0 aliphatic heterocycles. The summed E-state index contributed by atoms with van der Waals surface area (Å²) in [6.07, 6.45) is 0. The molecule has 0 atom stereocenters. The molecule has 0 spiro atoms. The lowest BCUT2D eigenvalue weighted by atomic mass is 10.1. The Bertz CT molecular complexity index is 631. The van der Waals surface area contributed by atoms with Crippen LogP contribution in [-0.2, 0) is 11.3 Å². The van der Waals surface area contributed by atoms with Gasteiger partial charge in [-0.1, -0.05) is 34.1 Å². The van der Waals surface area contributed by atoms with E-state index in [1.54, 1.807) is 31.4 Å². The highest BCUT2D eigenvalue weighted by atomic mass is 79.9. The zero-order valence-corrected chi connectivity index (χ0v) is 12.4. The summed E-state index contributed by atoms with van der Waals surface area (Å²) >= 11 is 3.40. The van der Waals surface area contributed by atoms with Crippen LogP contribution in [0.2, 0.25) is 0 Å². The Labute approximate surface area is 124 Å². The van der Waals surface area contributed by atoms with E-state index < -0.39 is 11.7 Å². The number of methoxy groups -OCH3 is 1. The molecule has 104 valence electrons. The molecular weight excluding hydrogens is 325 g/mol. The Morgan fingerprint density at radius 1 is 1.25 bits per heavy atom. The van der Waals surface area contributed by atoms with Crippen LogP contribution in [0, 0.1) is 5.82 Å². The molecule has 0 radical (unpaired) electrons. The van der Waals surface area contributed by atoms with Crippen molar-refractivity contribution in [3.8, 4) is 0 Å². The Morgan fingerprint density at radius 2 is 2.00 bits per heavy atom. The first kappa shape index (κ1) is 14.7. The van der Waals surface area contributed by atoms with Crippen LogP contribution in [-0.4, -0.2) is 13.0 Å². The van der Waals surface area contributed by atoms with E-state index in [2.05, 4.69) is 21.2 Å². The molecular formula is C15H13BrFNO2. The average molecular weight is 338 g/mol. The van der Waals surface area contributed by atoms with Gasteiger partial charge in [0.2, 0.25) is 0 Å². The van der Waals surface area contributed by atoms with Gasteiger partial charge < -0.3 is 10.1 Å². The van der Waals surface area contributed by atoms with Crippen molar-refractivity contribution in [1.82, 2.24) is 0 Å². The molecule has 0 aromatic heterocycles. The Morgan fingerprint density at radius 3 is 2.70 bits per heavy atom. The molecule has 5 heteroatoms. The molecule has 0 saturated carbocycles. The van der Waals surface area contributed by atoms with E-state index in [4.69, 9.17) is 4.74 Å². The molecule has 0 aliphatic rings. The van der Waals surface area contributed by atoms with Crippen molar-refractivity contribution in [2.45, 2.75) is 6.61 Å². The van der Waals surface area contributed by atoms with Gasteiger partial charge in [0.05, 0.1) is 12.2 Å². The van der Waals surface area contributed by atoms with Gasteiger partial charge in [0.1, 0.15) is 5.82 Å². The van der Waals surface area contributed by atoms with Crippen molar-refractivity contribution in [2.24, 2.45) is 0 Å². The number of halogens is 2. The van der Waals surface area contributed by atoms with E-state index >= 15 is 0 Å². The number of anilines is 1. The number of hydrogen-bond donors (Lipinski definition) is 1. The summed E-state index contributed by atoms with van der Waals surface area (Å²) in [5, 5.41) is 2.70. The van der Waals surface area contributed by atoms with Crippen molar-refractivity contribution in [2.75, 3.05) is 12.4 Å². The summed E-state index contributed by atoms with van der Waals surface area (Å²) in [6, 6.07) is 11.3. The van der Waals surface area contributed by atoms with Crippen LogP contribution in [0.3, 0.4) is 0 Å². The van der Waals surface area contributed by atoms with Gasteiger partial charge >= 0.3 is 0 Å². The molecule has 3 nitrogen and oxygen atoms in total. The third-order valence-corrected chi connectivity index (χ3v) is 3.52. The zero-order chi connectivity index (χ0) is 14.5. The minimum atomic E-state index is -0.548. The summed E-state index contributed by atoms with van der Waals surface area (Å²) in [4.78, 5) is 12.1. The minimum absolute atomic E-state index is 0.0100. The summed E-state index contributed by atoms with van der Waals surface area (Å²) in [6.45, 7) is 0.342. The van der Waals surface area contributed by atoms with Gasteiger partial charge in [0.15, 0.2) is 0 Å². The topological polar surface area (TPSA) is 38.3 Å². The Hall–Kier alpha value is -1.72. The highest BCUT2D eigenvalue weighted by Gasteiger charge is 2.14. The maximum atomic E-state index is 13.6. The van der Waals surface area contributed by atoms with Crippen LogP contribution < -0.4 is 5.32 Å². The second kappa shape index (κ2) is 6.63. The smallest absolute Gasteiger partial charge is 0.258 e. The number of hydrogen-bond acceptors (Lipinski definition) is 2. The summed E-state index contributed by atoms with van der Waals surface area (Å²) < 4.78 is 19.5. The lowest BCUT2D eigenvalue weighted by Gasteiger charge is -2.12. The van der Waals surface area contributed by atoms with Gasteiger partial charge in [-0.05, 0) is 24.3 Å². The van der Waals surface area contributed by atoms with E-state index in [-0.39, 0.29) is 5.56 Å². The number of nitrogens with one attached hydrogen (secondary N) is 1. The van der Waals surface area contributed by atoms with Crippen LogP contribution in [0.1, 0.15) is 15.9 Å². The largest absolute Gasteiger partial charge is 0.380 e. The van der Waals surface area contributed by atoms with E-state index in [1.165, 1.54) is 12.1 Å². The van der Waals surface area contributed by atoms with E-state index in [9.17, 15) is 9.18 Å². The Kier molecular flexibility index (Phi) is 4.87. The van der Waals surface area contributed by atoms with Crippen LogP contribution in [0.25, 0.3) is 0 Å².